The molecular weight excluding hydrogens is 214 g/mol. The number of aromatic nitrogens is 1. The Morgan fingerprint density at radius 1 is 1.33 bits per heavy atom. The van der Waals surface area contributed by atoms with Crippen molar-refractivity contribution in [2.45, 2.75) is 26.8 Å². The average Bonchev–Trinajstić information content (AvgIpc) is 2.15. The third kappa shape index (κ3) is 8.08. The molecule has 4 nitrogen and oxygen atoms in total. The normalized spacial score (nSPS) is 10.4. The molecule has 5 heteroatoms. The van der Waals surface area contributed by atoms with Gasteiger partial charge < -0.3 is 0 Å². The fourth-order valence-corrected chi connectivity index (χ4v) is 1.14. The number of pyridine rings is 1. The number of nitrogens with zero attached hydrogens (tertiary/aromatic N) is 1. The summed E-state index contributed by atoms with van der Waals surface area (Å²) in [7, 11) is -3.67. The molecule has 0 bridgehead atoms. The van der Waals surface area contributed by atoms with Crippen LogP contribution in [-0.2, 0) is 23.1 Å². The molecule has 1 rings (SSSR count). The fourth-order valence-electron chi connectivity index (χ4n) is 1.14. The lowest BCUT2D eigenvalue weighted by Gasteiger charge is -1.96. The second kappa shape index (κ2) is 6.53. The summed E-state index contributed by atoms with van der Waals surface area (Å²) in [5, 5.41) is 0. The van der Waals surface area contributed by atoms with Gasteiger partial charge in [-0.15, -0.1) is 0 Å². The van der Waals surface area contributed by atoms with E-state index in [1.165, 1.54) is 5.69 Å². The minimum absolute atomic E-state index is 0.715. The fraction of sp³-hybridized carbons (Fsp3) is 0.500. The largest absolute Gasteiger partial charge is 0.286 e. The highest BCUT2D eigenvalue weighted by molar-refractivity contribution is 7.85. The minimum Gasteiger partial charge on any atom is -0.286 e. The Bertz CT molecular complexity index is 356. The monoisotopic (exact) mass is 232 g/mol. The van der Waals surface area contributed by atoms with Gasteiger partial charge in [0.2, 0.25) is 0 Å². The van der Waals surface area contributed by atoms with Crippen molar-refractivity contribution in [3.05, 3.63) is 30.1 Å². The van der Waals surface area contributed by atoms with Crippen LogP contribution in [0.25, 0.3) is 0 Å². The zero-order valence-electron chi connectivity index (χ0n) is 9.34. The van der Waals surface area contributed by atoms with Crippen molar-refractivity contribution in [1.29, 1.82) is 0 Å². The molecule has 0 amide bonds. The zero-order chi connectivity index (χ0) is 11.9. The lowest BCUT2D eigenvalue weighted by molar-refractivity contribution is -0.700. The van der Waals surface area contributed by atoms with Crippen LogP contribution in [-0.4, -0.2) is 19.2 Å². The zero-order valence-corrected chi connectivity index (χ0v) is 10.2. The van der Waals surface area contributed by atoms with E-state index in [9.17, 15) is 8.42 Å². The standard InChI is InChI=1S/C9H14N.CH4O3S/c1-3-9-7-5-6-8-10(9)4-2;1-5(2,3)4/h5-8H,3-4H2,1-2H3;1H3,(H,2,3,4)/q+1;. The van der Waals surface area contributed by atoms with Crippen molar-refractivity contribution in [1.82, 2.24) is 0 Å². The number of rotatable bonds is 2. The van der Waals surface area contributed by atoms with Gasteiger partial charge in [0, 0.05) is 18.6 Å². The molecule has 0 saturated heterocycles. The summed E-state index contributed by atoms with van der Waals surface area (Å²) in [6.07, 6.45) is 3.96. The van der Waals surface area contributed by atoms with Gasteiger partial charge in [0.15, 0.2) is 11.9 Å². The van der Waals surface area contributed by atoms with Crippen LogP contribution in [0.4, 0.5) is 0 Å². The molecule has 0 aromatic carbocycles. The van der Waals surface area contributed by atoms with E-state index < -0.39 is 10.1 Å². The Balaban J connectivity index is 0.000000336. The molecule has 86 valence electrons. The second-order valence-electron chi connectivity index (χ2n) is 3.06. The first-order valence-electron chi connectivity index (χ1n) is 4.78. The van der Waals surface area contributed by atoms with Gasteiger partial charge in [0.05, 0.1) is 6.26 Å². The van der Waals surface area contributed by atoms with E-state index in [-0.39, 0.29) is 0 Å². The molecule has 0 spiro atoms. The van der Waals surface area contributed by atoms with Crippen LogP contribution in [0.15, 0.2) is 24.4 Å². The average molecular weight is 232 g/mol. The van der Waals surface area contributed by atoms with E-state index in [0.717, 1.165) is 13.0 Å². The molecule has 1 aromatic heterocycles. The van der Waals surface area contributed by atoms with Gasteiger partial charge in [-0.05, 0) is 6.92 Å². The molecule has 0 saturated carbocycles. The predicted molar refractivity (Wildman–Crippen MR) is 59.2 cm³/mol. The van der Waals surface area contributed by atoms with E-state index in [1.807, 2.05) is 0 Å². The van der Waals surface area contributed by atoms with Crippen molar-refractivity contribution in [3.63, 3.8) is 0 Å². The van der Waals surface area contributed by atoms with Crippen LogP contribution in [0.2, 0.25) is 0 Å². The first-order valence-corrected chi connectivity index (χ1v) is 6.63. The Kier molecular flexibility index (Phi) is 6.12. The van der Waals surface area contributed by atoms with Crippen LogP contribution < -0.4 is 4.57 Å². The molecule has 1 heterocycles. The van der Waals surface area contributed by atoms with Crippen molar-refractivity contribution >= 4 is 10.1 Å². The Morgan fingerprint density at radius 3 is 2.20 bits per heavy atom. The van der Waals surface area contributed by atoms with Crippen LogP contribution in [0.3, 0.4) is 0 Å². The number of aryl methyl sites for hydroxylation is 2. The highest BCUT2D eigenvalue weighted by Crippen LogP contribution is 1.90. The maximum absolute atomic E-state index is 9.19. The smallest absolute Gasteiger partial charge is 0.261 e. The van der Waals surface area contributed by atoms with Crippen LogP contribution in [0.5, 0.6) is 0 Å². The summed E-state index contributed by atoms with van der Waals surface area (Å²) in [6, 6.07) is 6.33. The molecule has 0 unspecified atom stereocenters. The first kappa shape index (κ1) is 14.1. The van der Waals surface area contributed by atoms with Crippen molar-refractivity contribution < 1.29 is 17.5 Å². The highest BCUT2D eigenvalue weighted by Gasteiger charge is 2.01. The van der Waals surface area contributed by atoms with Crippen LogP contribution in [0, 0.1) is 0 Å². The van der Waals surface area contributed by atoms with Gasteiger partial charge in [-0.2, -0.15) is 8.42 Å². The van der Waals surface area contributed by atoms with Gasteiger partial charge in [0.1, 0.15) is 6.54 Å². The van der Waals surface area contributed by atoms with Gasteiger partial charge >= 0.3 is 0 Å². The summed E-state index contributed by atoms with van der Waals surface area (Å²) in [6.45, 7) is 5.42. The van der Waals surface area contributed by atoms with Crippen LogP contribution in [0.1, 0.15) is 19.5 Å². The molecule has 1 aromatic rings. The van der Waals surface area contributed by atoms with Crippen molar-refractivity contribution in [2.24, 2.45) is 0 Å². The molecule has 0 aliphatic carbocycles. The van der Waals surface area contributed by atoms with E-state index >= 15 is 0 Å². The SMILES string of the molecule is CCc1cccc[n+]1CC.CS(=O)(=O)O. The number of hydrogen-bond donors (Lipinski definition) is 1. The molecule has 0 atom stereocenters. The lowest BCUT2D eigenvalue weighted by Crippen LogP contribution is -2.36. The summed E-state index contributed by atoms with van der Waals surface area (Å²) in [4.78, 5) is 0. The molecule has 1 N–H and O–H groups in total. The Morgan fingerprint density at radius 2 is 1.87 bits per heavy atom. The molecule has 0 radical (unpaired) electrons. The van der Waals surface area contributed by atoms with E-state index in [1.54, 1.807) is 0 Å². The van der Waals surface area contributed by atoms with Crippen LogP contribution >= 0.6 is 0 Å². The van der Waals surface area contributed by atoms with E-state index in [0.29, 0.717) is 6.26 Å². The minimum atomic E-state index is -3.67. The summed E-state index contributed by atoms with van der Waals surface area (Å²) in [5.74, 6) is 0. The Hall–Kier alpha value is -0.940. The van der Waals surface area contributed by atoms with Gasteiger partial charge in [-0.1, -0.05) is 13.0 Å². The highest BCUT2D eigenvalue weighted by atomic mass is 32.2. The van der Waals surface area contributed by atoms with E-state index in [2.05, 4.69) is 42.8 Å². The second-order valence-corrected chi connectivity index (χ2v) is 4.53. The summed E-state index contributed by atoms with van der Waals surface area (Å²) >= 11 is 0. The topological polar surface area (TPSA) is 58.2 Å². The predicted octanol–water partition coefficient (Wildman–Crippen LogP) is 1.06. The summed E-state index contributed by atoms with van der Waals surface area (Å²) in [5.41, 5.74) is 1.41. The number of hydrogen-bond acceptors (Lipinski definition) is 2. The molecule has 15 heavy (non-hydrogen) atoms. The molecular formula is C10H18NO3S+. The van der Waals surface area contributed by atoms with E-state index in [4.69, 9.17) is 4.55 Å². The third-order valence-corrected chi connectivity index (χ3v) is 1.74. The molecule has 0 fully saturated rings. The molecule has 0 aliphatic heterocycles. The van der Waals surface area contributed by atoms with Gasteiger partial charge in [-0.3, -0.25) is 4.55 Å². The third-order valence-electron chi connectivity index (χ3n) is 1.74. The maximum Gasteiger partial charge on any atom is 0.261 e. The van der Waals surface area contributed by atoms with Crippen molar-refractivity contribution in [2.75, 3.05) is 6.26 Å². The van der Waals surface area contributed by atoms with Gasteiger partial charge in [-0.25, -0.2) is 4.57 Å². The first-order chi connectivity index (χ1) is 6.88. The molecule has 0 aliphatic rings. The van der Waals surface area contributed by atoms with Crippen molar-refractivity contribution in [3.8, 4) is 0 Å². The van der Waals surface area contributed by atoms with Gasteiger partial charge in [0.25, 0.3) is 10.1 Å². The Labute approximate surface area is 91.3 Å². The maximum atomic E-state index is 9.19. The lowest BCUT2D eigenvalue weighted by atomic mass is 10.3. The quantitative estimate of drug-likeness (QED) is 0.612. The summed E-state index contributed by atoms with van der Waals surface area (Å²) < 4.78 is 28.1.